The predicted octanol–water partition coefficient (Wildman–Crippen LogP) is 1.55. The van der Waals surface area contributed by atoms with Crippen molar-refractivity contribution in [2.24, 2.45) is 0 Å². The van der Waals surface area contributed by atoms with Crippen LogP contribution in [0.4, 0.5) is 0 Å². The van der Waals surface area contributed by atoms with Crippen LogP contribution in [0.5, 0.6) is 0 Å². The summed E-state index contributed by atoms with van der Waals surface area (Å²) in [5, 5.41) is 0. The molecule has 0 aliphatic carbocycles. The summed E-state index contributed by atoms with van der Waals surface area (Å²) >= 11 is 0. The topological polar surface area (TPSA) is 6.25 Å². The highest BCUT2D eigenvalue weighted by atomic mass is 15.2. The van der Waals surface area contributed by atoms with E-state index in [4.69, 9.17) is 0 Å². The Labute approximate surface area is 75.9 Å². The van der Waals surface area contributed by atoms with Crippen molar-refractivity contribution >= 4 is 6.34 Å². The minimum absolute atomic E-state index is 0.756. The van der Waals surface area contributed by atoms with Gasteiger partial charge in [-0.05, 0) is 12.8 Å². The van der Waals surface area contributed by atoms with Gasteiger partial charge in [-0.1, -0.05) is 13.8 Å². The summed E-state index contributed by atoms with van der Waals surface area (Å²) in [4.78, 5) is 2.34. The summed E-state index contributed by atoms with van der Waals surface area (Å²) in [6.07, 6.45) is 6.08. The Morgan fingerprint density at radius 2 is 2.08 bits per heavy atom. The van der Waals surface area contributed by atoms with Crippen molar-refractivity contribution in [3.8, 4) is 0 Å². The molecule has 0 amide bonds. The lowest BCUT2D eigenvalue weighted by Crippen LogP contribution is -2.44. The molecule has 0 bridgehead atoms. The molecule has 0 aromatic carbocycles. The first-order valence-electron chi connectivity index (χ1n) is 4.97. The molecule has 0 aromatic rings. The smallest absolute Gasteiger partial charge is 0.234 e. The van der Waals surface area contributed by atoms with Gasteiger partial charge in [-0.15, -0.1) is 0 Å². The normalized spacial score (nSPS) is 30.3. The van der Waals surface area contributed by atoms with Crippen LogP contribution in [-0.2, 0) is 0 Å². The SMILES string of the molecule is CCC1CC(CC)[N+](C)=CN1C. The first kappa shape index (κ1) is 9.56. The Balaban J connectivity index is 2.68. The number of rotatable bonds is 2. The van der Waals surface area contributed by atoms with E-state index in [2.05, 4.69) is 43.8 Å². The Bertz CT molecular complexity index is 175. The average Bonchev–Trinajstić information content (AvgIpc) is 2.05. The zero-order valence-electron chi connectivity index (χ0n) is 8.75. The van der Waals surface area contributed by atoms with Gasteiger partial charge < -0.3 is 0 Å². The molecule has 1 heterocycles. The van der Waals surface area contributed by atoms with Crippen LogP contribution in [0.25, 0.3) is 0 Å². The molecule has 0 saturated carbocycles. The van der Waals surface area contributed by atoms with Gasteiger partial charge in [-0.25, -0.2) is 0 Å². The van der Waals surface area contributed by atoms with Gasteiger partial charge in [0.25, 0.3) is 0 Å². The molecule has 0 spiro atoms. The molecule has 0 radical (unpaired) electrons. The molecule has 0 fully saturated rings. The van der Waals surface area contributed by atoms with Crippen molar-refractivity contribution < 1.29 is 4.58 Å². The van der Waals surface area contributed by atoms with E-state index >= 15 is 0 Å². The molecule has 0 saturated heterocycles. The van der Waals surface area contributed by atoms with Gasteiger partial charge in [0.2, 0.25) is 6.34 Å². The van der Waals surface area contributed by atoms with Crippen LogP contribution in [0.15, 0.2) is 0 Å². The van der Waals surface area contributed by atoms with Crippen molar-refractivity contribution in [3.63, 3.8) is 0 Å². The highest BCUT2D eigenvalue weighted by Crippen LogP contribution is 2.16. The summed E-state index contributed by atoms with van der Waals surface area (Å²) in [6, 6.07) is 1.51. The summed E-state index contributed by atoms with van der Waals surface area (Å²) in [5.74, 6) is 0. The number of nitrogens with zero attached hydrogens (tertiary/aromatic N) is 2. The third-order valence-electron chi connectivity index (χ3n) is 3.00. The van der Waals surface area contributed by atoms with Gasteiger partial charge in [0.1, 0.15) is 0 Å². The average molecular weight is 169 g/mol. The Hall–Kier alpha value is -0.530. The monoisotopic (exact) mass is 169 g/mol. The summed E-state index contributed by atoms with van der Waals surface area (Å²) in [6.45, 7) is 4.54. The molecule has 1 aliphatic heterocycles. The lowest BCUT2D eigenvalue weighted by atomic mass is 10.00. The number of hydrogen-bond donors (Lipinski definition) is 0. The van der Waals surface area contributed by atoms with Crippen LogP contribution in [0, 0.1) is 0 Å². The van der Waals surface area contributed by atoms with E-state index in [9.17, 15) is 0 Å². The van der Waals surface area contributed by atoms with Crippen LogP contribution in [-0.4, -0.2) is 42.0 Å². The van der Waals surface area contributed by atoms with E-state index in [1.807, 2.05) is 0 Å². The predicted molar refractivity (Wildman–Crippen MR) is 52.8 cm³/mol. The third-order valence-corrected chi connectivity index (χ3v) is 3.00. The second kappa shape index (κ2) is 3.92. The van der Waals surface area contributed by atoms with Crippen molar-refractivity contribution in [2.45, 2.75) is 45.2 Å². The summed E-state index contributed by atoms with van der Waals surface area (Å²) < 4.78 is 2.34. The quantitative estimate of drug-likeness (QED) is 0.568. The minimum atomic E-state index is 0.756. The van der Waals surface area contributed by atoms with Crippen molar-refractivity contribution in [2.75, 3.05) is 14.1 Å². The second-order valence-electron chi connectivity index (χ2n) is 3.81. The van der Waals surface area contributed by atoms with Crippen molar-refractivity contribution in [1.82, 2.24) is 4.90 Å². The largest absolute Gasteiger partial charge is 0.268 e. The Morgan fingerprint density at radius 1 is 1.42 bits per heavy atom. The van der Waals surface area contributed by atoms with Crippen molar-refractivity contribution in [1.29, 1.82) is 0 Å². The zero-order chi connectivity index (χ0) is 9.14. The molecular weight excluding hydrogens is 148 g/mol. The van der Waals surface area contributed by atoms with Crippen LogP contribution >= 0.6 is 0 Å². The van der Waals surface area contributed by atoms with Crippen LogP contribution in [0.3, 0.4) is 0 Å². The molecule has 2 unspecified atom stereocenters. The molecule has 70 valence electrons. The van der Waals surface area contributed by atoms with E-state index in [-0.39, 0.29) is 0 Å². The van der Waals surface area contributed by atoms with Crippen LogP contribution < -0.4 is 0 Å². The van der Waals surface area contributed by atoms with Crippen molar-refractivity contribution in [3.05, 3.63) is 0 Å². The molecule has 2 heteroatoms. The summed E-state index contributed by atoms with van der Waals surface area (Å²) in [5.41, 5.74) is 0. The Kier molecular flexibility index (Phi) is 3.12. The molecule has 1 rings (SSSR count). The van der Waals surface area contributed by atoms with Gasteiger partial charge in [-0.3, -0.25) is 9.48 Å². The fourth-order valence-corrected chi connectivity index (χ4v) is 2.03. The standard InChI is InChI=1S/C10H21N2/c1-5-9-7-10(6-2)12(4)8-11(9)3/h8-10H,5-7H2,1-4H3/q+1. The summed E-state index contributed by atoms with van der Waals surface area (Å²) in [7, 11) is 4.35. The maximum atomic E-state index is 2.34. The van der Waals surface area contributed by atoms with Crippen LogP contribution in [0.1, 0.15) is 33.1 Å². The van der Waals surface area contributed by atoms with E-state index < -0.39 is 0 Å². The number of hydrogen-bond acceptors (Lipinski definition) is 1. The molecule has 0 aromatic heterocycles. The lowest BCUT2D eigenvalue weighted by Gasteiger charge is -2.29. The second-order valence-corrected chi connectivity index (χ2v) is 3.81. The van der Waals surface area contributed by atoms with Gasteiger partial charge in [0.05, 0.1) is 26.2 Å². The highest BCUT2D eigenvalue weighted by molar-refractivity contribution is 5.49. The van der Waals surface area contributed by atoms with Gasteiger partial charge in [0.15, 0.2) is 0 Å². The molecule has 2 atom stereocenters. The van der Waals surface area contributed by atoms with E-state index in [1.54, 1.807) is 0 Å². The molecule has 2 nitrogen and oxygen atoms in total. The van der Waals surface area contributed by atoms with Gasteiger partial charge in [0, 0.05) is 6.42 Å². The van der Waals surface area contributed by atoms with E-state index in [0.29, 0.717) is 0 Å². The van der Waals surface area contributed by atoms with E-state index in [1.165, 1.54) is 19.3 Å². The fourth-order valence-electron chi connectivity index (χ4n) is 2.03. The first-order chi connectivity index (χ1) is 5.69. The maximum absolute atomic E-state index is 2.34. The lowest BCUT2D eigenvalue weighted by molar-refractivity contribution is -0.546. The fraction of sp³-hybridized carbons (Fsp3) is 0.900. The van der Waals surface area contributed by atoms with E-state index in [0.717, 1.165) is 12.1 Å². The molecule has 0 N–H and O–H groups in total. The molecule has 12 heavy (non-hydrogen) atoms. The third kappa shape index (κ3) is 1.79. The first-order valence-corrected chi connectivity index (χ1v) is 4.97. The maximum Gasteiger partial charge on any atom is 0.234 e. The highest BCUT2D eigenvalue weighted by Gasteiger charge is 2.28. The molecular formula is C10H21N2+. The van der Waals surface area contributed by atoms with Gasteiger partial charge >= 0.3 is 0 Å². The minimum Gasteiger partial charge on any atom is -0.268 e. The van der Waals surface area contributed by atoms with Gasteiger partial charge in [-0.2, -0.15) is 0 Å². The zero-order valence-corrected chi connectivity index (χ0v) is 8.75. The molecule has 1 aliphatic rings. The van der Waals surface area contributed by atoms with Crippen LogP contribution in [0.2, 0.25) is 0 Å². The Morgan fingerprint density at radius 3 is 2.58 bits per heavy atom.